The van der Waals surface area contributed by atoms with E-state index < -0.39 is 0 Å². The third-order valence-electron chi connectivity index (χ3n) is 3.96. The van der Waals surface area contributed by atoms with E-state index in [0.717, 1.165) is 26.7 Å². The van der Waals surface area contributed by atoms with Crippen molar-refractivity contribution in [1.29, 1.82) is 0 Å². The summed E-state index contributed by atoms with van der Waals surface area (Å²) < 4.78 is 8.73. The summed E-state index contributed by atoms with van der Waals surface area (Å²) in [5, 5.41) is 21.2. The third kappa shape index (κ3) is 3.55. The zero-order chi connectivity index (χ0) is 16.4. The molecular formula is C14H15BrN6OS2. The Labute approximate surface area is 155 Å². The molecule has 0 amide bonds. The molecule has 10 heteroatoms. The largest absolute Gasteiger partial charge is 0.419 e. The lowest BCUT2D eigenvalue weighted by Gasteiger charge is -2.21. The van der Waals surface area contributed by atoms with Crippen LogP contribution in [0.15, 0.2) is 25.5 Å². The van der Waals surface area contributed by atoms with Crippen LogP contribution < -0.4 is 0 Å². The number of thiophene rings is 1. The van der Waals surface area contributed by atoms with Gasteiger partial charge < -0.3 is 4.42 Å². The molecule has 0 saturated heterocycles. The molecule has 1 aliphatic rings. The summed E-state index contributed by atoms with van der Waals surface area (Å²) in [4.78, 5) is 0.956. The highest BCUT2D eigenvalue weighted by atomic mass is 79.9. The van der Waals surface area contributed by atoms with Crippen molar-refractivity contribution in [2.75, 3.05) is 0 Å². The Morgan fingerprint density at radius 3 is 2.88 bits per heavy atom. The monoisotopic (exact) mass is 426 g/mol. The van der Waals surface area contributed by atoms with Gasteiger partial charge in [-0.25, -0.2) is 4.68 Å². The van der Waals surface area contributed by atoms with Gasteiger partial charge in [-0.3, -0.25) is 0 Å². The van der Waals surface area contributed by atoms with E-state index in [0.29, 0.717) is 23.6 Å². The van der Waals surface area contributed by atoms with Crippen LogP contribution in [0.5, 0.6) is 0 Å². The second-order valence-corrected chi connectivity index (χ2v) is 9.00. The van der Waals surface area contributed by atoms with Gasteiger partial charge in [-0.05, 0) is 51.3 Å². The first kappa shape index (κ1) is 16.2. The molecule has 3 aromatic heterocycles. The Morgan fingerprint density at radius 1 is 1.21 bits per heavy atom. The van der Waals surface area contributed by atoms with E-state index in [1.54, 1.807) is 11.3 Å². The fraction of sp³-hybridized carbons (Fsp3) is 0.500. The van der Waals surface area contributed by atoms with E-state index in [1.165, 1.54) is 31.0 Å². The van der Waals surface area contributed by atoms with Crippen LogP contribution in [0.4, 0.5) is 0 Å². The second-order valence-electron chi connectivity index (χ2n) is 5.59. The Kier molecular flexibility index (Phi) is 4.95. The lowest BCUT2D eigenvalue weighted by molar-refractivity contribution is 0.307. The van der Waals surface area contributed by atoms with Crippen molar-refractivity contribution in [2.45, 2.75) is 49.1 Å². The second kappa shape index (κ2) is 7.32. The maximum absolute atomic E-state index is 5.74. The lowest BCUT2D eigenvalue weighted by atomic mass is 9.96. The van der Waals surface area contributed by atoms with Gasteiger partial charge in [0.25, 0.3) is 5.89 Å². The van der Waals surface area contributed by atoms with Gasteiger partial charge in [-0.1, -0.05) is 31.0 Å². The minimum atomic E-state index is 0.415. The normalized spacial score (nSPS) is 15.9. The molecule has 0 unspecified atom stereocenters. The van der Waals surface area contributed by atoms with Crippen LogP contribution >= 0.6 is 39.0 Å². The number of thioether (sulfide) groups is 1. The zero-order valence-corrected chi connectivity index (χ0v) is 16.0. The van der Waals surface area contributed by atoms with Crippen molar-refractivity contribution in [1.82, 2.24) is 30.4 Å². The van der Waals surface area contributed by atoms with Gasteiger partial charge in [0.05, 0.1) is 20.5 Å². The average molecular weight is 427 g/mol. The maximum Gasteiger partial charge on any atom is 0.257 e. The molecule has 3 aromatic rings. The molecule has 0 spiro atoms. The van der Waals surface area contributed by atoms with Crippen LogP contribution in [0.3, 0.4) is 0 Å². The molecule has 3 heterocycles. The summed E-state index contributed by atoms with van der Waals surface area (Å²) in [7, 11) is 0. The smallest absolute Gasteiger partial charge is 0.257 e. The topological polar surface area (TPSA) is 82.5 Å². The summed E-state index contributed by atoms with van der Waals surface area (Å²) in [6.45, 7) is 0. The quantitative estimate of drug-likeness (QED) is 0.560. The Hall–Kier alpha value is -1.26. The average Bonchev–Trinajstić information content (AvgIpc) is 3.34. The first-order valence-electron chi connectivity index (χ1n) is 7.78. The molecule has 1 aliphatic carbocycles. The SMILES string of the molecule is Brc1ccc(-c2nnc(CSc3nnnn3C3CCCCC3)o2)s1. The summed E-state index contributed by atoms with van der Waals surface area (Å²) in [5.41, 5.74) is 0. The number of halogens is 1. The van der Waals surface area contributed by atoms with E-state index in [9.17, 15) is 0 Å². The molecule has 4 rings (SSSR count). The van der Waals surface area contributed by atoms with E-state index >= 15 is 0 Å². The van der Waals surface area contributed by atoms with Gasteiger partial charge in [-0.2, -0.15) is 0 Å². The minimum Gasteiger partial charge on any atom is -0.419 e. The van der Waals surface area contributed by atoms with Crippen LogP contribution in [-0.4, -0.2) is 30.4 Å². The van der Waals surface area contributed by atoms with Crippen LogP contribution in [0, 0.1) is 0 Å². The molecule has 1 saturated carbocycles. The Balaban J connectivity index is 1.42. The predicted octanol–water partition coefficient (Wildman–Crippen LogP) is 4.34. The number of nitrogens with zero attached hydrogens (tertiary/aromatic N) is 6. The number of tetrazole rings is 1. The minimum absolute atomic E-state index is 0.415. The molecule has 24 heavy (non-hydrogen) atoms. The Morgan fingerprint density at radius 2 is 2.08 bits per heavy atom. The number of hydrogen-bond acceptors (Lipinski definition) is 8. The van der Waals surface area contributed by atoms with Crippen LogP contribution in [0.2, 0.25) is 0 Å². The van der Waals surface area contributed by atoms with Crippen LogP contribution in [0.1, 0.15) is 44.0 Å². The van der Waals surface area contributed by atoms with Gasteiger partial charge in [0, 0.05) is 0 Å². The van der Waals surface area contributed by atoms with E-state index in [2.05, 4.69) is 41.7 Å². The zero-order valence-electron chi connectivity index (χ0n) is 12.8. The maximum atomic E-state index is 5.74. The molecule has 0 radical (unpaired) electrons. The molecule has 7 nitrogen and oxygen atoms in total. The molecular weight excluding hydrogens is 412 g/mol. The molecule has 126 valence electrons. The van der Waals surface area contributed by atoms with Crippen molar-refractivity contribution < 1.29 is 4.42 Å². The van der Waals surface area contributed by atoms with Crippen molar-refractivity contribution in [3.05, 3.63) is 21.8 Å². The fourth-order valence-electron chi connectivity index (χ4n) is 2.80. The highest BCUT2D eigenvalue weighted by molar-refractivity contribution is 9.11. The molecule has 0 N–H and O–H groups in total. The lowest BCUT2D eigenvalue weighted by Crippen LogP contribution is -2.15. The standard InChI is InChI=1S/C14H15BrN6OS2/c15-11-7-6-10(24-11)13-17-16-12(22-13)8-23-14-18-19-20-21(14)9-4-2-1-3-5-9/h6-7,9H,1-5,8H2. The molecule has 0 aromatic carbocycles. The summed E-state index contributed by atoms with van der Waals surface area (Å²) in [6.07, 6.45) is 6.11. The van der Waals surface area contributed by atoms with Gasteiger partial charge in [0.2, 0.25) is 11.0 Å². The summed E-state index contributed by atoms with van der Waals surface area (Å²) in [5.74, 6) is 1.69. The Bertz CT molecular complexity index is 810. The van der Waals surface area contributed by atoms with E-state index in [1.807, 2.05) is 16.8 Å². The van der Waals surface area contributed by atoms with Gasteiger partial charge in [0.15, 0.2) is 0 Å². The molecule has 0 aliphatic heterocycles. The number of aromatic nitrogens is 6. The van der Waals surface area contributed by atoms with E-state index in [4.69, 9.17) is 4.42 Å². The fourth-order valence-corrected chi connectivity index (χ4v) is 4.89. The van der Waals surface area contributed by atoms with Gasteiger partial charge in [0.1, 0.15) is 0 Å². The van der Waals surface area contributed by atoms with Gasteiger partial charge >= 0.3 is 0 Å². The van der Waals surface area contributed by atoms with Crippen molar-refractivity contribution >= 4 is 39.0 Å². The van der Waals surface area contributed by atoms with Crippen molar-refractivity contribution in [3.63, 3.8) is 0 Å². The molecule has 0 atom stereocenters. The molecule has 0 bridgehead atoms. The van der Waals surface area contributed by atoms with Crippen LogP contribution in [0.25, 0.3) is 10.8 Å². The first-order chi connectivity index (χ1) is 11.8. The first-order valence-corrected chi connectivity index (χ1v) is 10.4. The van der Waals surface area contributed by atoms with Gasteiger partial charge in [-0.15, -0.1) is 26.6 Å². The van der Waals surface area contributed by atoms with Crippen molar-refractivity contribution in [2.24, 2.45) is 0 Å². The number of hydrogen-bond donors (Lipinski definition) is 0. The highest BCUT2D eigenvalue weighted by Crippen LogP contribution is 2.33. The van der Waals surface area contributed by atoms with Crippen molar-refractivity contribution in [3.8, 4) is 10.8 Å². The summed E-state index contributed by atoms with van der Waals surface area (Å²) >= 11 is 6.55. The van der Waals surface area contributed by atoms with E-state index in [-0.39, 0.29) is 0 Å². The molecule has 1 fully saturated rings. The predicted molar refractivity (Wildman–Crippen MR) is 94.8 cm³/mol. The highest BCUT2D eigenvalue weighted by Gasteiger charge is 2.21. The number of rotatable bonds is 5. The summed E-state index contributed by atoms with van der Waals surface area (Å²) in [6, 6.07) is 4.35. The third-order valence-corrected chi connectivity index (χ3v) is 6.49. The van der Waals surface area contributed by atoms with Crippen LogP contribution in [-0.2, 0) is 5.75 Å².